The van der Waals surface area contributed by atoms with E-state index in [4.69, 9.17) is 4.74 Å². The normalized spacial score (nSPS) is 20.3. The van der Waals surface area contributed by atoms with Crippen molar-refractivity contribution >= 4 is 29.9 Å². The first-order valence-electron chi connectivity index (χ1n) is 11.5. The van der Waals surface area contributed by atoms with Crippen molar-refractivity contribution in [3.05, 3.63) is 29.8 Å². The minimum absolute atomic E-state index is 0. The van der Waals surface area contributed by atoms with Crippen LogP contribution >= 0.6 is 24.0 Å². The highest BCUT2D eigenvalue weighted by atomic mass is 127. The number of halogens is 1. The lowest BCUT2D eigenvalue weighted by molar-refractivity contribution is 0.119. The molecule has 0 aromatic heterocycles. The van der Waals surface area contributed by atoms with Gasteiger partial charge in [0.05, 0.1) is 7.11 Å². The van der Waals surface area contributed by atoms with E-state index in [0.717, 1.165) is 30.7 Å². The third-order valence-electron chi connectivity index (χ3n) is 6.74. The molecule has 6 heteroatoms. The number of nitrogens with one attached hydrogen (secondary N) is 2. The van der Waals surface area contributed by atoms with Crippen LogP contribution in [0.25, 0.3) is 0 Å². The fourth-order valence-corrected chi connectivity index (χ4v) is 4.75. The van der Waals surface area contributed by atoms with Gasteiger partial charge in [0.25, 0.3) is 0 Å². The molecule has 1 heterocycles. The van der Waals surface area contributed by atoms with Crippen molar-refractivity contribution in [1.29, 1.82) is 0 Å². The molecule has 1 aromatic rings. The van der Waals surface area contributed by atoms with Crippen LogP contribution in [0.4, 0.5) is 0 Å². The lowest BCUT2D eigenvalue weighted by atomic mass is 9.92. The molecule has 0 bridgehead atoms. The Kier molecular flexibility index (Phi) is 11.3. The number of rotatable bonds is 7. The standard InChI is InChI=1S/C24H40N4O.HI/c1-19(20-9-11-23(29-3)12-10-20)13-16-26-24(25-2)27-21-14-17-28(18-15-21)22-7-5-4-6-8-22;/h9-12,19,21-22H,4-8,13-18H2,1-3H3,(H2,25,26,27);1H. The maximum atomic E-state index is 5.25. The smallest absolute Gasteiger partial charge is 0.191 e. The topological polar surface area (TPSA) is 48.9 Å². The second-order valence-electron chi connectivity index (χ2n) is 8.71. The number of ether oxygens (including phenoxy) is 1. The van der Waals surface area contributed by atoms with Gasteiger partial charge in [0, 0.05) is 38.8 Å². The van der Waals surface area contributed by atoms with E-state index in [1.807, 2.05) is 19.2 Å². The van der Waals surface area contributed by atoms with E-state index in [1.54, 1.807) is 7.11 Å². The molecule has 5 nitrogen and oxygen atoms in total. The molecule has 2 fully saturated rings. The molecule has 0 radical (unpaired) electrons. The number of aliphatic imine (C=N–C) groups is 1. The van der Waals surface area contributed by atoms with Crippen LogP contribution in [-0.2, 0) is 0 Å². The average Bonchev–Trinajstić information content (AvgIpc) is 2.79. The first-order valence-corrected chi connectivity index (χ1v) is 11.5. The van der Waals surface area contributed by atoms with E-state index in [-0.39, 0.29) is 24.0 Å². The summed E-state index contributed by atoms with van der Waals surface area (Å²) in [5.41, 5.74) is 1.35. The van der Waals surface area contributed by atoms with Crippen LogP contribution in [0.3, 0.4) is 0 Å². The molecule has 1 unspecified atom stereocenters. The lowest BCUT2D eigenvalue weighted by Crippen LogP contribution is -2.51. The molecule has 2 aliphatic rings. The van der Waals surface area contributed by atoms with Crippen molar-refractivity contribution in [3.8, 4) is 5.75 Å². The van der Waals surface area contributed by atoms with E-state index in [0.29, 0.717) is 12.0 Å². The van der Waals surface area contributed by atoms with E-state index < -0.39 is 0 Å². The Morgan fingerprint density at radius 2 is 1.77 bits per heavy atom. The SMILES string of the molecule is CN=C(NCCC(C)c1ccc(OC)cc1)NC1CCN(C2CCCCC2)CC1.I. The number of piperidine rings is 1. The monoisotopic (exact) mass is 528 g/mol. The van der Waals surface area contributed by atoms with Crippen molar-refractivity contribution in [2.75, 3.05) is 33.8 Å². The van der Waals surface area contributed by atoms with Gasteiger partial charge in [-0.15, -0.1) is 24.0 Å². The zero-order valence-corrected chi connectivity index (χ0v) is 21.4. The number of guanidine groups is 1. The molecule has 30 heavy (non-hydrogen) atoms. The van der Waals surface area contributed by atoms with Crippen LogP contribution < -0.4 is 15.4 Å². The van der Waals surface area contributed by atoms with Gasteiger partial charge in [-0.05, 0) is 55.7 Å². The van der Waals surface area contributed by atoms with E-state index in [2.05, 4.69) is 39.6 Å². The summed E-state index contributed by atoms with van der Waals surface area (Å²) in [5, 5.41) is 7.17. The maximum absolute atomic E-state index is 5.25. The van der Waals surface area contributed by atoms with Gasteiger partial charge in [0.2, 0.25) is 0 Å². The molecule has 2 N–H and O–H groups in total. The highest BCUT2D eigenvalue weighted by Crippen LogP contribution is 2.25. The minimum Gasteiger partial charge on any atom is -0.497 e. The fourth-order valence-electron chi connectivity index (χ4n) is 4.75. The number of likely N-dealkylation sites (tertiary alicyclic amines) is 1. The highest BCUT2D eigenvalue weighted by molar-refractivity contribution is 14.0. The second-order valence-corrected chi connectivity index (χ2v) is 8.71. The van der Waals surface area contributed by atoms with E-state index in [1.165, 1.54) is 63.6 Å². The van der Waals surface area contributed by atoms with Gasteiger partial charge in [-0.1, -0.05) is 38.3 Å². The Labute approximate surface area is 200 Å². The summed E-state index contributed by atoms with van der Waals surface area (Å²) in [5.74, 6) is 2.37. The van der Waals surface area contributed by atoms with Crippen molar-refractivity contribution in [3.63, 3.8) is 0 Å². The zero-order chi connectivity index (χ0) is 20.5. The average molecular weight is 529 g/mol. The third kappa shape index (κ3) is 7.59. The summed E-state index contributed by atoms with van der Waals surface area (Å²) in [6.07, 6.45) is 10.6. The molecule has 1 atom stereocenters. The van der Waals surface area contributed by atoms with E-state index >= 15 is 0 Å². The Hall–Kier alpha value is -1.02. The number of hydrogen-bond donors (Lipinski definition) is 2. The third-order valence-corrected chi connectivity index (χ3v) is 6.74. The summed E-state index contributed by atoms with van der Waals surface area (Å²) in [6, 6.07) is 9.80. The number of nitrogens with zero attached hydrogens (tertiary/aromatic N) is 2. The molecule has 1 aliphatic heterocycles. The second kappa shape index (κ2) is 13.4. The predicted octanol–water partition coefficient (Wildman–Crippen LogP) is 4.77. The van der Waals surface area contributed by atoms with Gasteiger partial charge in [0.1, 0.15) is 5.75 Å². The summed E-state index contributed by atoms with van der Waals surface area (Å²) in [7, 11) is 3.58. The highest BCUT2D eigenvalue weighted by Gasteiger charge is 2.26. The first kappa shape index (κ1) is 25.2. The Morgan fingerprint density at radius 3 is 2.37 bits per heavy atom. The molecular formula is C24H41IN4O. The molecule has 3 rings (SSSR count). The minimum atomic E-state index is 0. The summed E-state index contributed by atoms with van der Waals surface area (Å²) in [4.78, 5) is 7.19. The van der Waals surface area contributed by atoms with Gasteiger partial charge in [0.15, 0.2) is 5.96 Å². The summed E-state index contributed by atoms with van der Waals surface area (Å²) in [6.45, 7) is 5.66. The quantitative estimate of drug-likeness (QED) is 0.304. The largest absolute Gasteiger partial charge is 0.497 e. The molecule has 1 saturated carbocycles. The first-order chi connectivity index (χ1) is 14.2. The summed E-state index contributed by atoms with van der Waals surface area (Å²) >= 11 is 0. The van der Waals surface area contributed by atoms with Crippen molar-refractivity contribution in [2.24, 2.45) is 4.99 Å². The van der Waals surface area contributed by atoms with Crippen LogP contribution in [0, 0.1) is 0 Å². The number of methoxy groups -OCH3 is 1. The van der Waals surface area contributed by atoms with E-state index in [9.17, 15) is 0 Å². The van der Waals surface area contributed by atoms with Crippen molar-refractivity contribution in [1.82, 2.24) is 15.5 Å². The van der Waals surface area contributed by atoms with Gasteiger partial charge in [-0.25, -0.2) is 0 Å². The molecule has 1 aromatic carbocycles. The van der Waals surface area contributed by atoms with Crippen LogP contribution in [0.5, 0.6) is 5.75 Å². The van der Waals surface area contributed by atoms with Crippen molar-refractivity contribution < 1.29 is 4.74 Å². The van der Waals surface area contributed by atoms with Gasteiger partial charge in [-0.2, -0.15) is 0 Å². The van der Waals surface area contributed by atoms with Gasteiger partial charge >= 0.3 is 0 Å². The fraction of sp³-hybridized carbons (Fsp3) is 0.708. The predicted molar refractivity (Wildman–Crippen MR) is 137 cm³/mol. The molecule has 1 aliphatic carbocycles. The van der Waals surface area contributed by atoms with Crippen LogP contribution in [0.1, 0.15) is 69.8 Å². The number of benzene rings is 1. The zero-order valence-electron chi connectivity index (χ0n) is 19.0. The van der Waals surface area contributed by atoms with Gasteiger partial charge < -0.3 is 20.3 Å². The Balaban J connectivity index is 0.00000320. The molecule has 0 spiro atoms. The Morgan fingerprint density at radius 1 is 1.10 bits per heavy atom. The Bertz CT molecular complexity index is 623. The number of hydrogen-bond acceptors (Lipinski definition) is 3. The molecule has 1 saturated heterocycles. The maximum Gasteiger partial charge on any atom is 0.191 e. The lowest BCUT2D eigenvalue weighted by Gasteiger charge is -2.39. The summed E-state index contributed by atoms with van der Waals surface area (Å²) < 4.78 is 5.25. The van der Waals surface area contributed by atoms with Gasteiger partial charge in [-0.3, -0.25) is 4.99 Å². The van der Waals surface area contributed by atoms with Crippen LogP contribution in [0.15, 0.2) is 29.3 Å². The van der Waals surface area contributed by atoms with Crippen LogP contribution in [0.2, 0.25) is 0 Å². The molecule has 0 amide bonds. The van der Waals surface area contributed by atoms with Crippen molar-refractivity contribution in [2.45, 2.75) is 76.3 Å². The molecular weight excluding hydrogens is 487 g/mol. The van der Waals surface area contributed by atoms with Crippen LogP contribution in [-0.4, -0.2) is 56.7 Å². The molecule has 170 valence electrons.